The van der Waals surface area contributed by atoms with Crippen molar-refractivity contribution in [3.63, 3.8) is 0 Å². The number of nitrogens with two attached hydrogens (primary N) is 1. The smallest absolute Gasteiger partial charge is 0.321 e. The van der Waals surface area contributed by atoms with Crippen LogP contribution in [0.25, 0.3) is 0 Å². The van der Waals surface area contributed by atoms with Crippen LogP contribution >= 0.6 is 11.6 Å². The minimum absolute atomic E-state index is 0.121. The molecule has 0 aromatic rings. The van der Waals surface area contributed by atoms with Gasteiger partial charge in [0, 0.05) is 0 Å². The molecular formula is C8H16ClNO2. The van der Waals surface area contributed by atoms with E-state index in [4.69, 9.17) is 22.4 Å². The third-order valence-corrected chi connectivity index (χ3v) is 2.27. The van der Waals surface area contributed by atoms with Gasteiger partial charge in [0.25, 0.3) is 0 Å². The van der Waals surface area contributed by atoms with E-state index in [9.17, 15) is 4.79 Å². The molecule has 72 valence electrons. The molecule has 0 spiro atoms. The van der Waals surface area contributed by atoms with E-state index in [1.54, 1.807) is 0 Å². The van der Waals surface area contributed by atoms with Crippen LogP contribution in [-0.4, -0.2) is 23.0 Å². The van der Waals surface area contributed by atoms with Crippen molar-refractivity contribution < 1.29 is 9.90 Å². The van der Waals surface area contributed by atoms with Crippen LogP contribution in [0.4, 0.5) is 0 Å². The number of hydrogen-bond donors (Lipinski definition) is 2. The first-order valence-electron chi connectivity index (χ1n) is 4.06. The third-order valence-electron chi connectivity index (χ3n) is 1.73. The third kappa shape index (κ3) is 3.93. The summed E-state index contributed by atoms with van der Waals surface area (Å²) in [6, 6.07) is 0. The topological polar surface area (TPSA) is 63.3 Å². The molecule has 0 aromatic carbocycles. The van der Waals surface area contributed by atoms with Crippen LogP contribution in [-0.2, 0) is 4.79 Å². The first kappa shape index (κ1) is 11.7. The zero-order chi connectivity index (χ0) is 9.72. The Morgan fingerprint density at radius 3 is 2.33 bits per heavy atom. The Morgan fingerprint density at radius 1 is 1.58 bits per heavy atom. The summed E-state index contributed by atoms with van der Waals surface area (Å²) in [6.07, 6.45) is 0.761. The van der Waals surface area contributed by atoms with E-state index in [1.165, 1.54) is 0 Å². The average molecular weight is 194 g/mol. The van der Waals surface area contributed by atoms with Gasteiger partial charge in [0.1, 0.15) is 5.38 Å². The second kappa shape index (κ2) is 5.38. The molecule has 0 amide bonds. The maximum Gasteiger partial charge on any atom is 0.321 e. The number of carbonyl (C=O) groups is 1. The van der Waals surface area contributed by atoms with E-state index < -0.39 is 11.3 Å². The summed E-state index contributed by atoms with van der Waals surface area (Å²) >= 11 is 5.65. The van der Waals surface area contributed by atoms with Crippen molar-refractivity contribution in [1.82, 2.24) is 0 Å². The van der Waals surface area contributed by atoms with Crippen molar-refractivity contribution >= 4 is 17.6 Å². The minimum atomic E-state index is -0.979. The Labute approximate surface area is 77.9 Å². The molecule has 0 saturated heterocycles. The molecule has 0 bridgehead atoms. The molecule has 2 atom stereocenters. The largest absolute Gasteiger partial charge is 0.480 e. The fourth-order valence-electron chi connectivity index (χ4n) is 1.14. The van der Waals surface area contributed by atoms with Crippen LogP contribution in [0.3, 0.4) is 0 Å². The van der Waals surface area contributed by atoms with Crippen LogP contribution in [0.5, 0.6) is 0 Å². The van der Waals surface area contributed by atoms with Crippen molar-refractivity contribution in [1.29, 1.82) is 0 Å². The Kier molecular flexibility index (Phi) is 5.25. The number of carboxylic acid groups (broad SMARTS) is 1. The molecule has 4 heteroatoms. The summed E-state index contributed by atoms with van der Waals surface area (Å²) in [7, 11) is 0. The van der Waals surface area contributed by atoms with Gasteiger partial charge in [-0.3, -0.25) is 4.79 Å². The van der Waals surface area contributed by atoms with Gasteiger partial charge in [-0.1, -0.05) is 13.8 Å². The summed E-state index contributed by atoms with van der Waals surface area (Å²) in [5, 5.41) is 7.76. The lowest BCUT2D eigenvalue weighted by atomic mass is 9.94. The number of rotatable bonds is 5. The molecule has 0 aliphatic rings. The zero-order valence-electron chi connectivity index (χ0n) is 7.46. The van der Waals surface area contributed by atoms with Gasteiger partial charge in [0.15, 0.2) is 0 Å². The number of aliphatic carboxylic acids is 1. The molecule has 3 nitrogen and oxygen atoms in total. The van der Waals surface area contributed by atoms with Gasteiger partial charge in [0.2, 0.25) is 0 Å². The van der Waals surface area contributed by atoms with Crippen molar-refractivity contribution in [2.24, 2.45) is 17.6 Å². The highest BCUT2D eigenvalue weighted by Gasteiger charge is 2.24. The summed E-state index contributed by atoms with van der Waals surface area (Å²) in [4.78, 5) is 10.5. The van der Waals surface area contributed by atoms with E-state index in [-0.39, 0.29) is 5.92 Å². The van der Waals surface area contributed by atoms with Gasteiger partial charge in [-0.25, -0.2) is 0 Å². The average Bonchev–Trinajstić information content (AvgIpc) is 1.98. The monoisotopic (exact) mass is 193 g/mol. The lowest BCUT2D eigenvalue weighted by molar-refractivity contribution is -0.137. The predicted octanol–water partition coefficient (Wildman–Crippen LogP) is 1.30. The molecule has 3 N–H and O–H groups in total. The van der Waals surface area contributed by atoms with Crippen molar-refractivity contribution in [2.75, 3.05) is 6.54 Å². The van der Waals surface area contributed by atoms with Crippen LogP contribution < -0.4 is 5.73 Å². The Bertz CT molecular complexity index is 150. The Morgan fingerprint density at radius 2 is 2.08 bits per heavy atom. The van der Waals surface area contributed by atoms with Crippen LogP contribution in [0.1, 0.15) is 20.3 Å². The van der Waals surface area contributed by atoms with E-state index in [0.717, 1.165) is 6.42 Å². The van der Waals surface area contributed by atoms with Crippen LogP contribution in [0, 0.1) is 11.8 Å². The molecule has 2 unspecified atom stereocenters. The molecule has 0 saturated carbocycles. The van der Waals surface area contributed by atoms with Gasteiger partial charge >= 0.3 is 5.97 Å². The number of alkyl halides is 1. The normalized spacial score (nSPS) is 16.1. The summed E-state index contributed by atoms with van der Waals surface area (Å²) in [5.41, 5.74) is 5.41. The van der Waals surface area contributed by atoms with Crippen LogP contribution in [0.2, 0.25) is 0 Å². The number of hydrogen-bond acceptors (Lipinski definition) is 2. The van der Waals surface area contributed by atoms with Crippen molar-refractivity contribution in [2.45, 2.75) is 25.6 Å². The molecule has 0 aliphatic heterocycles. The molecule has 0 heterocycles. The first-order chi connectivity index (χ1) is 5.49. The van der Waals surface area contributed by atoms with E-state index in [0.29, 0.717) is 12.5 Å². The highest BCUT2D eigenvalue weighted by atomic mass is 35.5. The summed E-state index contributed by atoms with van der Waals surface area (Å²) in [5.74, 6) is -0.670. The molecule has 0 aromatic heterocycles. The number of carboxylic acids is 1. The highest BCUT2D eigenvalue weighted by molar-refractivity contribution is 6.29. The molecule has 0 rings (SSSR count). The molecule has 0 aliphatic carbocycles. The van der Waals surface area contributed by atoms with Gasteiger partial charge in [-0.05, 0) is 24.8 Å². The zero-order valence-corrected chi connectivity index (χ0v) is 8.21. The Hall–Kier alpha value is -0.280. The highest BCUT2D eigenvalue weighted by Crippen LogP contribution is 2.18. The lowest BCUT2D eigenvalue weighted by Gasteiger charge is -2.18. The maximum atomic E-state index is 10.5. The van der Waals surface area contributed by atoms with Gasteiger partial charge < -0.3 is 10.8 Å². The fourth-order valence-corrected chi connectivity index (χ4v) is 1.35. The van der Waals surface area contributed by atoms with E-state index in [2.05, 4.69) is 0 Å². The van der Waals surface area contributed by atoms with Crippen LogP contribution in [0.15, 0.2) is 0 Å². The quantitative estimate of drug-likeness (QED) is 0.647. The Balaban J connectivity index is 4.05. The molecule has 12 heavy (non-hydrogen) atoms. The van der Waals surface area contributed by atoms with Gasteiger partial charge in [-0.2, -0.15) is 0 Å². The van der Waals surface area contributed by atoms with Gasteiger partial charge in [0.05, 0.1) is 0 Å². The predicted molar refractivity (Wildman–Crippen MR) is 49.3 cm³/mol. The first-order valence-corrected chi connectivity index (χ1v) is 4.49. The minimum Gasteiger partial charge on any atom is -0.480 e. The van der Waals surface area contributed by atoms with Crippen molar-refractivity contribution in [3.8, 4) is 0 Å². The molecular weight excluding hydrogens is 178 g/mol. The summed E-state index contributed by atoms with van der Waals surface area (Å²) < 4.78 is 0. The van der Waals surface area contributed by atoms with Crippen molar-refractivity contribution in [3.05, 3.63) is 0 Å². The molecule has 0 radical (unpaired) electrons. The standard InChI is InChI=1S/C8H16ClNO2/c1-5(2)3-6(4-10)7(9)8(11)12/h5-7H,3-4,10H2,1-2H3,(H,11,12). The lowest BCUT2D eigenvalue weighted by Crippen LogP contribution is -2.31. The fraction of sp³-hybridized carbons (Fsp3) is 0.875. The van der Waals surface area contributed by atoms with E-state index >= 15 is 0 Å². The second-order valence-electron chi connectivity index (χ2n) is 3.37. The summed E-state index contributed by atoms with van der Waals surface area (Å²) in [6.45, 7) is 4.38. The SMILES string of the molecule is CC(C)CC(CN)C(Cl)C(=O)O. The second-order valence-corrected chi connectivity index (χ2v) is 3.84. The van der Waals surface area contributed by atoms with Gasteiger partial charge in [-0.15, -0.1) is 11.6 Å². The number of halogens is 1. The molecule has 0 fully saturated rings. The van der Waals surface area contributed by atoms with E-state index in [1.807, 2.05) is 13.8 Å². The maximum absolute atomic E-state index is 10.5.